The standard InChI is InChI=1S/C15H13I2N3OS/c16-12-6-11(7-13(17)14(12)21)8-19-20-15(18)22-9-10-4-2-1-3-5-10/h1-8,21H,9H2,(H2,18,20). The molecule has 3 N–H and O–H groups in total. The van der Waals surface area contributed by atoms with Gasteiger partial charge in [-0.25, -0.2) is 0 Å². The lowest BCUT2D eigenvalue weighted by Gasteiger charge is -2.01. The van der Waals surface area contributed by atoms with Gasteiger partial charge in [0.1, 0.15) is 5.75 Å². The maximum Gasteiger partial charge on any atom is 0.180 e. The molecule has 0 aliphatic heterocycles. The van der Waals surface area contributed by atoms with Crippen LogP contribution in [0.25, 0.3) is 0 Å². The Morgan fingerprint density at radius 2 is 1.82 bits per heavy atom. The van der Waals surface area contributed by atoms with Gasteiger partial charge in [-0.1, -0.05) is 42.1 Å². The zero-order valence-electron chi connectivity index (χ0n) is 11.4. The molecule has 0 aromatic heterocycles. The van der Waals surface area contributed by atoms with Crippen molar-refractivity contribution in [2.45, 2.75) is 5.75 Å². The number of rotatable bonds is 4. The van der Waals surface area contributed by atoms with Gasteiger partial charge in [0, 0.05) is 5.75 Å². The Bertz CT molecular complexity index is 682. The van der Waals surface area contributed by atoms with Crippen LogP contribution in [-0.4, -0.2) is 16.5 Å². The minimum absolute atomic E-state index is 0.291. The van der Waals surface area contributed by atoms with E-state index in [9.17, 15) is 5.11 Å². The zero-order valence-corrected chi connectivity index (χ0v) is 16.5. The summed E-state index contributed by atoms with van der Waals surface area (Å²) in [5.74, 6) is 1.06. The quantitative estimate of drug-likeness (QED) is 0.266. The first-order chi connectivity index (χ1) is 10.6. The van der Waals surface area contributed by atoms with E-state index in [1.807, 2.05) is 42.5 Å². The van der Waals surface area contributed by atoms with Crippen LogP contribution in [-0.2, 0) is 5.75 Å². The Morgan fingerprint density at radius 3 is 2.45 bits per heavy atom. The van der Waals surface area contributed by atoms with E-state index >= 15 is 0 Å². The maximum absolute atomic E-state index is 9.71. The molecular weight excluding hydrogens is 524 g/mol. The smallest absolute Gasteiger partial charge is 0.180 e. The summed E-state index contributed by atoms with van der Waals surface area (Å²) in [5.41, 5.74) is 7.89. The van der Waals surface area contributed by atoms with E-state index in [0.717, 1.165) is 18.5 Å². The van der Waals surface area contributed by atoms with Gasteiger partial charge in [-0.3, -0.25) is 0 Å². The fraction of sp³-hybridized carbons (Fsp3) is 0.0667. The Balaban J connectivity index is 1.95. The molecular formula is C15H13I2N3OS. The molecule has 0 radical (unpaired) electrons. The van der Waals surface area contributed by atoms with Crippen LogP contribution in [0.5, 0.6) is 5.75 Å². The van der Waals surface area contributed by atoms with E-state index in [-0.39, 0.29) is 0 Å². The summed E-state index contributed by atoms with van der Waals surface area (Å²) in [5, 5.41) is 18.1. The second kappa shape index (κ2) is 8.73. The predicted molar refractivity (Wildman–Crippen MR) is 110 cm³/mol. The van der Waals surface area contributed by atoms with Gasteiger partial charge in [0.05, 0.1) is 13.4 Å². The second-order valence-corrected chi connectivity index (χ2v) is 7.61. The molecule has 0 unspecified atom stereocenters. The summed E-state index contributed by atoms with van der Waals surface area (Å²) >= 11 is 5.60. The highest BCUT2D eigenvalue weighted by atomic mass is 127. The lowest BCUT2D eigenvalue weighted by Crippen LogP contribution is -2.06. The predicted octanol–water partition coefficient (Wildman–Crippen LogP) is 4.18. The van der Waals surface area contributed by atoms with Gasteiger partial charge in [0.15, 0.2) is 5.17 Å². The van der Waals surface area contributed by atoms with E-state index in [0.29, 0.717) is 10.9 Å². The second-order valence-electron chi connectivity index (χ2n) is 4.29. The van der Waals surface area contributed by atoms with Gasteiger partial charge in [-0.05, 0) is 68.4 Å². The highest BCUT2D eigenvalue weighted by molar-refractivity contribution is 14.1. The average molecular weight is 537 g/mol. The first kappa shape index (κ1) is 17.5. The molecule has 0 spiro atoms. The molecule has 0 fully saturated rings. The lowest BCUT2D eigenvalue weighted by atomic mass is 10.2. The van der Waals surface area contributed by atoms with Crippen molar-refractivity contribution in [1.82, 2.24) is 0 Å². The summed E-state index contributed by atoms with van der Waals surface area (Å²) in [4.78, 5) is 0. The first-order valence-electron chi connectivity index (χ1n) is 6.27. The zero-order chi connectivity index (χ0) is 15.9. The largest absolute Gasteiger partial charge is 0.506 e. The topological polar surface area (TPSA) is 71.0 Å². The number of benzene rings is 2. The van der Waals surface area contributed by atoms with Crippen LogP contribution in [0, 0.1) is 7.14 Å². The molecule has 2 aromatic carbocycles. The minimum atomic E-state index is 0.291. The molecule has 0 aliphatic carbocycles. The van der Waals surface area contributed by atoms with E-state index < -0.39 is 0 Å². The van der Waals surface area contributed by atoms with Gasteiger partial charge >= 0.3 is 0 Å². The number of hydrogen-bond acceptors (Lipinski definition) is 4. The molecule has 22 heavy (non-hydrogen) atoms. The van der Waals surface area contributed by atoms with E-state index in [1.54, 1.807) is 6.21 Å². The molecule has 7 heteroatoms. The summed E-state index contributed by atoms with van der Waals surface area (Å²) < 4.78 is 1.56. The number of thioether (sulfide) groups is 1. The van der Waals surface area contributed by atoms with Crippen molar-refractivity contribution in [1.29, 1.82) is 0 Å². The summed E-state index contributed by atoms with van der Waals surface area (Å²) in [6.07, 6.45) is 1.62. The number of halogens is 2. The minimum Gasteiger partial charge on any atom is -0.506 e. The SMILES string of the molecule is NC(=NN=Cc1cc(I)c(O)c(I)c1)SCc1ccccc1. The van der Waals surface area contributed by atoms with Crippen molar-refractivity contribution in [3.05, 3.63) is 60.7 Å². The number of amidine groups is 1. The molecule has 0 amide bonds. The van der Waals surface area contributed by atoms with E-state index in [2.05, 4.69) is 55.4 Å². The van der Waals surface area contributed by atoms with Crippen LogP contribution in [0.1, 0.15) is 11.1 Å². The van der Waals surface area contributed by atoms with Crippen molar-refractivity contribution >= 4 is 68.3 Å². The fourth-order valence-corrected chi connectivity index (χ4v) is 4.00. The van der Waals surface area contributed by atoms with Crippen LogP contribution < -0.4 is 5.73 Å². The van der Waals surface area contributed by atoms with E-state index in [4.69, 9.17) is 5.73 Å². The van der Waals surface area contributed by atoms with Crippen molar-refractivity contribution in [3.63, 3.8) is 0 Å². The van der Waals surface area contributed by atoms with Crippen LogP contribution in [0.4, 0.5) is 0 Å². The monoisotopic (exact) mass is 537 g/mol. The molecule has 2 rings (SSSR count). The summed E-state index contributed by atoms with van der Waals surface area (Å²) in [7, 11) is 0. The number of hydrogen-bond donors (Lipinski definition) is 2. The van der Waals surface area contributed by atoms with Crippen molar-refractivity contribution in [3.8, 4) is 5.75 Å². The lowest BCUT2D eigenvalue weighted by molar-refractivity contribution is 0.467. The number of aromatic hydroxyl groups is 1. The molecule has 0 saturated heterocycles. The summed E-state index contributed by atoms with van der Waals surface area (Å²) in [6, 6.07) is 13.7. The van der Waals surface area contributed by atoms with Gasteiger partial charge in [0.25, 0.3) is 0 Å². The molecule has 0 saturated carbocycles. The molecule has 4 nitrogen and oxygen atoms in total. The van der Waals surface area contributed by atoms with Crippen molar-refractivity contribution < 1.29 is 5.11 Å². The molecule has 0 atom stereocenters. The van der Waals surface area contributed by atoms with Crippen LogP contribution >= 0.6 is 56.9 Å². The third kappa shape index (κ3) is 5.43. The average Bonchev–Trinajstić information content (AvgIpc) is 2.51. The molecule has 0 bridgehead atoms. The number of nitrogens with zero attached hydrogens (tertiary/aromatic N) is 2. The first-order valence-corrected chi connectivity index (χ1v) is 9.42. The Kier molecular flexibility index (Phi) is 6.96. The third-order valence-electron chi connectivity index (χ3n) is 2.63. The highest BCUT2D eigenvalue weighted by Gasteiger charge is 2.04. The van der Waals surface area contributed by atoms with Crippen LogP contribution in [0.15, 0.2) is 52.7 Å². The van der Waals surface area contributed by atoms with Gasteiger partial charge < -0.3 is 10.8 Å². The number of phenolic OH excluding ortho intramolecular Hbond substituents is 1. The number of phenols is 1. The van der Waals surface area contributed by atoms with Crippen molar-refractivity contribution in [2.24, 2.45) is 15.9 Å². The maximum atomic E-state index is 9.71. The van der Waals surface area contributed by atoms with E-state index in [1.165, 1.54) is 17.3 Å². The van der Waals surface area contributed by atoms with Gasteiger partial charge in [-0.15, -0.1) is 5.10 Å². The molecule has 2 aromatic rings. The Hall–Kier alpha value is -0.810. The summed E-state index contributed by atoms with van der Waals surface area (Å²) in [6.45, 7) is 0. The highest BCUT2D eigenvalue weighted by Crippen LogP contribution is 2.26. The molecule has 0 heterocycles. The van der Waals surface area contributed by atoms with Gasteiger partial charge in [-0.2, -0.15) is 5.10 Å². The Labute approximate surface area is 160 Å². The van der Waals surface area contributed by atoms with Gasteiger partial charge in [0.2, 0.25) is 0 Å². The number of nitrogens with two attached hydrogens (primary N) is 1. The molecule has 0 aliphatic rings. The normalized spacial score (nSPS) is 12.0. The fourth-order valence-electron chi connectivity index (χ4n) is 1.57. The van der Waals surface area contributed by atoms with Crippen LogP contribution in [0.2, 0.25) is 0 Å². The Morgan fingerprint density at radius 1 is 1.18 bits per heavy atom. The third-order valence-corrected chi connectivity index (χ3v) is 5.13. The molecule has 114 valence electrons. The van der Waals surface area contributed by atoms with Crippen molar-refractivity contribution in [2.75, 3.05) is 0 Å². The van der Waals surface area contributed by atoms with Crippen LogP contribution in [0.3, 0.4) is 0 Å².